The zero-order valence-electron chi connectivity index (χ0n) is 32.5. The van der Waals surface area contributed by atoms with E-state index in [0.717, 1.165) is 125 Å². The topological polar surface area (TPSA) is 121 Å². The maximum atomic E-state index is 13.6. The number of benzene rings is 3. The van der Waals surface area contributed by atoms with Gasteiger partial charge in [0, 0.05) is 106 Å². The molecule has 13 nitrogen and oxygen atoms in total. The van der Waals surface area contributed by atoms with Crippen molar-refractivity contribution in [2.75, 3.05) is 80.1 Å². The van der Waals surface area contributed by atoms with Gasteiger partial charge in [-0.15, -0.1) is 0 Å². The van der Waals surface area contributed by atoms with Crippen LogP contribution in [0.3, 0.4) is 0 Å². The Morgan fingerprint density at radius 1 is 0.707 bits per heavy atom. The van der Waals surface area contributed by atoms with E-state index in [2.05, 4.69) is 41.9 Å². The first-order valence-corrected chi connectivity index (χ1v) is 20.9. The molecular weight excluding hydrogens is 756 g/mol. The number of imide groups is 2. The van der Waals surface area contributed by atoms with E-state index in [9.17, 15) is 24.0 Å². The number of anilines is 3. The zero-order chi connectivity index (χ0) is 40.1. The van der Waals surface area contributed by atoms with Gasteiger partial charge in [0.2, 0.25) is 17.5 Å². The second kappa shape index (κ2) is 15.4. The minimum absolute atomic E-state index is 0.0938. The average Bonchev–Trinajstić information content (AvgIpc) is 3.77. The zero-order valence-corrected chi connectivity index (χ0v) is 33.3. The van der Waals surface area contributed by atoms with Crippen LogP contribution in [-0.4, -0.2) is 122 Å². The highest BCUT2D eigenvalue weighted by molar-refractivity contribution is 6.33. The monoisotopic (exact) mass is 802 g/mol. The molecule has 0 radical (unpaired) electrons. The van der Waals surface area contributed by atoms with Crippen molar-refractivity contribution in [1.29, 1.82) is 0 Å². The molecule has 1 spiro atoms. The van der Waals surface area contributed by atoms with E-state index in [4.69, 9.17) is 18.2 Å². The van der Waals surface area contributed by atoms with Crippen LogP contribution in [0.5, 0.6) is 0 Å². The Labute approximate surface area is 343 Å². The van der Waals surface area contributed by atoms with Crippen molar-refractivity contribution < 1.29 is 24.0 Å². The number of fused-ring (bicyclic) bond motifs is 1. The second-order valence-electron chi connectivity index (χ2n) is 16.7. The summed E-state index contributed by atoms with van der Waals surface area (Å²) in [5.74, 6) is -1.86. The molecular formula is C44H47ClN8O5. The molecule has 58 heavy (non-hydrogen) atoms. The van der Waals surface area contributed by atoms with E-state index in [-0.39, 0.29) is 30.1 Å². The summed E-state index contributed by atoms with van der Waals surface area (Å²) in [4.78, 5) is 80.3. The lowest BCUT2D eigenvalue weighted by Gasteiger charge is -2.44. The summed E-state index contributed by atoms with van der Waals surface area (Å²) in [6, 6.07) is 18.7. The van der Waals surface area contributed by atoms with Gasteiger partial charge in [-0.3, -0.25) is 39.1 Å². The molecule has 0 aromatic heterocycles. The van der Waals surface area contributed by atoms with Gasteiger partial charge in [-0.2, -0.15) is 0 Å². The van der Waals surface area contributed by atoms with Crippen LogP contribution in [0.4, 0.5) is 22.7 Å². The molecule has 5 fully saturated rings. The molecule has 5 amide bonds. The maximum absolute atomic E-state index is 13.6. The van der Waals surface area contributed by atoms with Gasteiger partial charge in [-0.25, -0.2) is 4.85 Å². The largest absolute Gasteiger partial charge is 0.371 e. The van der Waals surface area contributed by atoms with Crippen LogP contribution in [-0.2, 0) is 9.59 Å². The van der Waals surface area contributed by atoms with Crippen LogP contribution >= 0.6 is 11.6 Å². The van der Waals surface area contributed by atoms with Gasteiger partial charge in [0.25, 0.3) is 17.7 Å². The Bertz CT molecular complexity index is 2200. The molecule has 0 bridgehead atoms. The molecule has 0 aliphatic carbocycles. The van der Waals surface area contributed by atoms with Crippen molar-refractivity contribution in [2.45, 2.75) is 57.0 Å². The van der Waals surface area contributed by atoms with E-state index in [1.54, 1.807) is 18.2 Å². The van der Waals surface area contributed by atoms with Crippen molar-refractivity contribution >= 4 is 63.9 Å². The van der Waals surface area contributed by atoms with Crippen LogP contribution in [0.15, 0.2) is 60.7 Å². The molecule has 6 aliphatic heterocycles. The number of piperazine rings is 1. The number of hydrogen-bond donors (Lipinski definition) is 1. The summed E-state index contributed by atoms with van der Waals surface area (Å²) in [5.41, 5.74) is 5.12. The molecule has 1 atom stereocenters. The van der Waals surface area contributed by atoms with Gasteiger partial charge in [0.1, 0.15) is 6.04 Å². The fourth-order valence-corrected chi connectivity index (χ4v) is 10.2. The number of carbonyl (C=O) groups excluding carboxylic acids is 5. The predicted octanol–water partition coefficient (Wildman–Crippen LogP) is 5.22. The molecule has 300 valence electrons. The van der Waals surface area contributed by atoms with Gasteiger partial charge in [-0.05, 0) is 98.5 Å². The number of hydrogen-bond acceptors (Lipinski definition) is 9. The highest BCUT2D eigenvalue weighted by atomic mass is 35.5. The van der Waals surface area contributed by atoms with E-state index < -0.39 is 23.8 Å². The quantitative estimate of drug-likeness (QED) is 0.265. The van der Waals surface area contributed by atoms with Gasteiger partial charge in [0.15, 0.2) is 0 Å². The predicted molar refractivity (Wildman–Crippen MR) is 221 cm³/mol. The smallest absolute Gasteiger partial charge is 0.262 e. The van der Waals surface area contributed by atoms with Crippen LogP contribution in [0, 0.1) is 12.0 Å². The molecule has 0 saturated carbocycles. The number of nitrogens with one attached hydrogen (secondary N) is 1. The first kappa shape index (κ1) is 38.1. The number of amides is 5. The van der Waals surface area contributed by atoms with E-state index in [1.807, 2.05) is 35.2 Å². The SMILES string of the molecule is [C-]#[N+]c1ccc(N2CCC3(CCN(C(=O)c4ccc(N5CCC(N6CCN(c7ccc8c(c7)C(=O)N(C7CCC(=O)NC7=O)C8=O)CC6)CC5)cc4)CC3)C2)cc1Cl. The number of piperidine rings is 3. The summed E-state index contributed by atoms with van der Waals surface area (Å²) in [5, 5.41) is 2.74. The summed E-state index contributed by atoms with van der Waals surface area (Å²) in [7, 11) is 0. The lowest BCUT2D eigenvalue weighted by molar-refractivity contribution is -0.136. The number of rotatable bonds is 6. The Kier molecular flexibility index (Phi) is 10.1. The Balaban J connectivity index is 0.731. The van der Waals surface area contributed by atoms with Crippen LogP contribution in [0.25, 0.3) is 4.85 Å². The average molecular weight is 803 g/mol. The first-order chi connectivity index (χ1) is 28.1. The van der Waals surface area contributed by atoms with Crippen molar-refractivity contribution in [3.05, 3.63) is 93.8 Å². The maximum Gasteiger partial charge on any atom is 0.262 e. The summed E-state index contributed by atoms with van der Waals surface area (Å²) >= 11 is 6.33. The fraction of sp³-hybridized carbons (Fsp3) is 0.455. The summed E-state index contributed by atoms with van der Waals surface area (Å²) in [6.45, 7) is 16.0. The molecule has 1 unspecified atom stereocenters. The lowest BCUT2D eigenvalue weighted by atomic mass is 9.77. The van der Waals surface area contributed by atoms with Crippen LogP contribution in [0.2, 0.25) is 5.02 Å². The van der Waals surface area contributed by atoms with Crippen LogP contribution < -0.4 is 20.0 Å². The molecule has 5 saturated heterocycles. The molecule has 14 heteroatoms. The standard InChI is InChI=1S/C44H47ClN8O5/c1-46-37-9-7-33(27-36(37)45)52-21-16-44(28-52)14-19-51(20-15-44)41(56)29-2-4-30(5-3-29)48-17-12-31(13-18-48)49-22-24-50(25-23-49)32-6-8-34-35(26-32)43(58)53(42(34)57)38-10-11-39(54)47-40(38)55/h2-9,26-27,31,38H,10-25,28H2,(H,47,54,55). The number of likely N-dealkylation sites (tertiary alicyclic amines) is 1. The lowest BCUT2D eigenvalue weighted by Crippen LogP contribution is -2.54. The highest BCUT2D eigenvalue weighted by Crippen LogP contribution is 2.43. The molecule has 3 aromatic carbocycles. The fourth-order valence-electron chi connectivity index (χ4n) is 10.0. The molecule has 6 aliphatic rings. The van der Waals surface area contributed by atoms with Gasteiger partial charge >= 0.3 is 0 Å². The van der Waals surface area contributed by atoms with Crippen molar-refractivity contribution in [3.8, 4) is 0 Å². The molecule has 1 N–H and O–H groups in total. The van der Waals surface area contributed by atoms with E-state index in [0.29, 0.717) is 27.9 Å². The highest BCUT2D eigenvalue weighted by Gasteiger charge is 2.45. The Morgan fingerprint density at radius 2 is 1.34 bits per heavy atom. The minimum Gasteiger partial charge on any atom is -0.371 e. The number of nitrogens with zero attached hydrogens (tertiary/aromatic N) is 7. The normalized spacial score (nSPS) is 22.8. The molecule has 3 aromatic rings. The third-order valence-electron chi connectivity index (χ3n) is 13.5. The van der Waals surface area contributed by atoms with Gasteiger partial charge in [-0.1, -0.05) is 17.7 Å². The van der Waals surface area contributed by atoms with Gasteiger partial charge in [0.05, 0.1) is 17.7 Å². The number of halogens is 1. The Morgan fingerprint density at radius 3 is 2.03 bits per heavy atom. The minimum atomic E-state index is -0.971. The van der Waals surface area contributed by atoms with Crippen molar-refractivity contribution in [2.24, 2.45) is 5.41 Å². The van der Waals surface area contributed by atoms with E-state index >= 15 is 0 Å². The van der Waals surface area contributed by atoms with Crippen molar-refractivity contribution in [1.82, 2.24) is 20.0 Å². The molecule has 6 heterocycles. The number of carbonyl (C=O) groups is 5. The third kappa shape index (κ3) is 7.06. The third-order valence-corrected chi connectivity index (χ3v) is 13.8. The summed E-state index contributed by atoms with van der Waals surface area (Å²) in [6.07, 6.45) is 5.40. The summed E-state index contributed by atoms with van der Waals surface area (Å²) < 4.78 is 0. The molecule has 9 rings (SSSR count). The van der Waals surface area contributed by atoms with Crippen molar-refractivity contribution in [3.63, 3.8) is 0 Å². The Hall–Kier alpha value is -5.45. The van der Waals surface area contributed by atoms with Gasteiger partial charge < -0.3 is 19.6 Å². The second-order valence-corrected chi connectivity index (χ2v) is 17.1. The van der Waals surface area contributed by atoms with E-state index in [1.165, 1.54) is 0 Å². The first-order valence-electron chi connectivity index (χ1n) is 20.5. The van der Waals surface area contributed by atoms with Crippen LogP contribution in [0.1, 0.15) is 76.0 Å².